The molecule has 20 heavy (non-hydrogen) atoms. The zero-order valence-electron chi connectivity index (χ0n) is 10.3. The van der Waals surface area contributed by atoms with Gasteiger partial charge in [-0.1, -0.05) is 6.07 Å². The topological polar surface area (TPSA) is 33.3 Å². The third-order valence-corrected chi connectivity index (χ3v) is 3.89. The van der Waals surface area contributed by atoms with Crippen molar-refractivity contribution in [2.45, 2.75) is 12.7 Å². The molecule has 1 aliphatic heterocycles. The quantitative estimate of drug-likeness (QED) is 0.905. The van der Waals surface area contributed by atoms with E-state index in [1.54, 1.807) is 23.5 Å². The summed E-state index contributed by atoms with van der Waals surface area (Å²) >= 11 is 1.68. The molecule has 0 spiro atoms. The maximum absolute atomic E-state index is 12.1. The summed E-state index contributed by atoms with van der Waals surface area (Å²) in [4.78, 5) is 1.21. The van der Waals surface area contributed by atoms with Gasteiger partial charge in [0, 0.05) is 4.88 Å². The van der Waals surface area contributed by atoms with Crippen LogP contribution in [0.15, 0.2) is 47.9 Å². The molecule has 2 heterocycles. The molecule has 0 saturated carbocycles. The first-order valence-electron chi connectivity index (χ1n) is 6.04. The van der Waals surface area contributed by atoms with Crippen molar-refractivity contribution >= 4 is 17.0 Å². The Hall–Kier alpha value is -1.92. The highest BCUT2D eigenvalue weighted by atomic mass is 32.1. The van der Waals surface area contributed by atoms with Crippen LogP contribution in [-0.2, 0) is 0 Å². The normalized spacial score (nSPS) is 17.9. The van der Waals surface area contributed by atoms with E-state index in [1.807, 2.05) is 11.4 Å². The van der Waals surface area contributed by atoms with Crippen LogP contribution in [0, 0.1) is 0 Å². The van der Waals surface area contributed by atoms with E-state index in [0.29, 0.717) is 0 Å². The van der Waals surface area contributed by atoms with Crippen LogP contribution in [0.3, 0.4) is 0 Å². The van der Waals surface area contributed by atoms with Crippen molar-refractivity contribution in [3.8, 4) is 5.75 Å². The van der Waals surface area contributed by atoms with Crippen LogP contribution in [0.5, 0.6) is 5.75 Å². The number of hydrogen-bond acceptors (Lipinski definition) is 4. The van der Waals surface area contributed by atoms with Crippen LogP contribution in [0.1, 0.15) is 16.5 Å². The SMILES string of the molecule is FC(F)Oc1ccc(C2=CC(c3cccs3)NN2)cc1. The molecule has 1 atom stereocenters. The average molecular weight is 294 g/mol. The predicted molar refractivity (Wildman–Crippen MR) is 74.4 cm³/mol. The maximum Gasteiger partial charge on any atom is 0.387 e. The van der Waals surface area contributed by atoms with Crippen LogP contribution in [0.25, 0.3) is 5.70 Å². The van der Waals surface area contributed by atoms with Crippen molar-refractivity contribution in [1.82, 2.24) is 10.9 Å². The van der Waals surface area contributed by atoms with E-state index in [2.05, 4.69) is 27.7 Å². The zero-order valence-corrected chi connectivity index (χ0v) is 11.2. The van der Waals surface area contributed by atoms with Crippen molar-refractivity contribution in [3.05, 3.63) is 58.3 Å². The lowest BCUT2D eigenvalue weighted by molar-refractivity contribution is -0.0498. The highest BCUT2D eigenvalue weighted by Gasteiger charge is 2.18. The van der Waals surface area contributed by atoms with Crippen molar-refractivity contribution < 1.29 is 13.5 Å². The van der Waals surface area contributed by atoms with Crippen molar-refractivity contribution in [1.29, 1.82) is 0 Å². The van der Waals surface area contributed by atoms with Gasteiger partial charge in [0.1, 0.15) is 5.75 Å². The van der Waals surface area contributed by atoms with E-state index in [9.17, 15) is 8.78 Å². The molecule has 6 heteroatoms. The fourth-order valence-corrected chi connectivity index (χ4v) is 2.76. The largest absolute Gasteiger partial charge is 0.435 e. The highest BCUT2D eigenvalue weighted by Crippen LogP contribution is 2.27. The van der Waals surface area contributed by atoms with Gasteiger partial charge in [-0.3, -0.25) is 0 Å². The summed E-state index contributed by atoms with van der Waals surface area (Å²) in [6.45, 7) is -2.80. The molecular formula is C14H12F2N2OS. The monoisotopic (exact) mass is 294 g/mol. The summed E-state index contributed by atoms with van der Waals surface area (Å²) in [6.07, 6.45) is 2.06. The van der Waals surface area contributed by atoms with Gasteiger partial charge in [-0.25, -0.2) is 5.43 Å². The molecule has 3 rings (SSSR count). The summed E-state index contributed by atoms with van der Waals surface area (Å²) in [6, 6.07) is 10.7. The number of rotatable bonds is 4. The lowest BCUT2D eigenvalue weighted by atomic mass is 10.1. The number of alkyl halides is 2. The first kappa shape index (κ1) is 13.1. The van der Waals surface area contributed by atoms with Gasteiger partial charge in [0.2, 0.25) is 0 Å². The van der Waals surface area contributed by atoms with Crippen LogP contribution < -0.4 is 15.6 Å². The fourth-order valence-electron chi connectivity index (χ4n) is 2.01. The summed E-state index contributed by atoms with van der Waals surface area (Å²) in [7, 11) is 0. The molecule has 1 unspecified atom stereocenters. The van der Waals surface area contributed by atoms with E-state index >= 15 is 0 Å². The molecule has 3 nitrogen and oxygen atoms in total. The predicted octanol–water partition coefficient (Wildman–Crippen LogP) is 3.54. The minimum atomic E-state index is -2.80. The Balaban J connectivity index is 1.75. The first-order valence-corrected chi connectivity index (χ1v) is 6.92. The van der Waals surface area contributed by atoms with Crippen molar-refractivity contribution in [2.75, 3.05) is 0 Å². The van der Waals surface area contributed by atoms with E-state index in [0.717, 1.165) is 11.3 Å². The smallest absolute Gasteiger partial charge is 0.387 e. The van der Waals surface area contributed by atoms with Crippen molar-refractivity contribution in [3.63, 3.8) is 0 Å². The van der Waals surface area contributed by atoms with Crippen molar-refractivity contribution in [2.24, 2.45) is 0 Å². The Bertz CT molecular complexity index is 596. The summed E-state index contributed by atoms with van der Waals surface area (Å²) in [5, 5.41) is 2.03. The zero-order chi connectivity index (χ0) is 13.9. The van der Waals surface area contributed by atoms with E-state index in [1.165, 1.54) is 17.0 Å². The van der Waals surface area contributed by atoms with Crippen LogP contribution in [0.4, 0.5) is 8.78 Å². The molecule has 2 aromatic rings. The number of benzene rings is 1. The standard InChI is InChI=1S/C14H12F2N2OS/c15-14(16)19-10-5-3-9(4-6-10)11-8-12(18-17-11)13-2-1-7-20-13/h1-8,12,14,17-18H. The summed E-state index contributed by atoms with van der Waals surface area (Å²) < 4.78 is 28.5. The van der Waals surface area contributed by atoms with Gasteiger partial charge in [0.15, 0.2) is 0 Å². The van der Waals surface area contributed by atoms with E-state index in [-0.39, 0.29) is 11.8 Å². The fraction of sp³-hybridized carbons (Fsp3) is 0.143. The number of ether oxygens (including phenoxy) is 1. The third kappa shape index (κ3) is 2.81. The Labute approximate surface area is 118 Å². The minimum absolute atomic E-state index is 0.127. The summed E-state index contributed by atoms with van der Waals surface area (Å²) in [5.74, 6) is 0.158. The number of thiophene rings is 1. The molecule has 0 aliphatic carbocycles. The molecule has 1 aliphatic rings. The maximum atomic E-state index is 12.1. The second-order valence-electron chi connectivity index (χ2n) is 4.25. The molecule has 0 saturated heterocycles. The molecular weight excluding hydrogens is 282 g/mol. The number of halogens is 2. The summed E-state index contributed by atoms with van der Waals surface area (Å²) in [5.41, 5.74) is 8.11. The molecule has 2 N–H and O–H groups in total. The average Bonchev–Trinajstić information content (AvgIpc) is 3.10. The second-order valence-corrected chi connectivity index (χ2v) is 5.22. The third-order valence-electron chi connectivity index (χ3n) is 2.94. The Morgan fingerprint density at radius 1 is 1.15 bits per heavy atom. The molecule has 1 aromatic heterocycles. The lowest BCUT2D eigenvalue weighted by Gasteiger charge is -2.07. The molecule has 0 fully saturated rings. The first-order chi connectivity index (χ1) is 9.72. The molecule has 0 radical (unpaired) electrons. The van der Waals surface area contributed by atoms with Gasteiger partial charge in [0.05, 0.1) is 11.7 Å². The molecule has 104 valence electrons. The number of hydrazine groups is 1. The van der Waals surface area contributed by atoms with E-state index < -0.39 is 6.61 Å². The minimum Gasteiger partial charge on any atom is -0.435 e. The second kappa shape index (κ2) is 5.60. The van der Waals surface area contributed by atoms with Gasteiger partial charge >= 0.3 is 6.61 Å². The van der Waals surface area contributed by atoms with Crippen LogP contribution in [0.2, 0.25) is 0 Å². The Morgan fingerprint density at radius 3 is 2.60 bits per heavy atom. The van der Waals surface area contributed by atoms with Crippen LogP contribution in [-0.4, -0.2) is 6.61 Å². The van der Waals surface area contributed by atoms with Gasteiger partial charge in [-0.05, 0) is 47.4 Å². The molecule has 0 amide bonds. The van der Waals surface area contributed by atoms with Crippen LogP contribution >= 0.6 is 11.3 Å². The lowest BCUT2D eigenvalue weighted by Crippen LogP contribution is -2.25. The Morgan fingerprint density at radius 2 is 1.95 bits per heavy atom. The molecule has 0 bridgehead atoms. The van der Waals surface area contributed by atoms with E-state index in [4.69, 9.17) is 0 Å². The number of nitrogens with one attached hydrogen (secondary N) is 2. The Kier molecular flexibility index (Phi) is 3.66. The number of hydrogen-bond donors (Lipinski definition) is 2. The van der Waals surface area contributed by atoms with Gasteiger partial charge < -0.3 is 10.2 Å². The van der Waals surface area contributed by atoms with Gasteiger partial charge in [-0.15, -0.1) is 11.3 Å². The van der Waals surface area contributed by atoms with Gasteiger partial charge in [-0.2, -0.15) is 8.78 Å². The molecule has 1 aromatic carbocycles. The van der Waals surface area contributed by atoms with Gasteiger partial charge in [0.25, 0.3) is 0 Å². The highest BCUT2D eigenvalue weighted by molar-refractivity contribution is 7.10.